The van der Waals surface area contributed by atoms with Gasteiger partial charge in [-0.1, -0.05) is 26.0 Å². The fraction of sp³-hybridized carbons (Fsp3) is 0.609. The van der Waals surface area contributed by atoms with E-state index in [1.807, 2.05) is 43.9 Å². The maximum absolute atomic E-state index is 13.1. The Balaban J connectivity index is 1.89. The quantitative estimate of drug-likeness (QED) is 0.825. The first-order valence-electron chi connectivity index (χ1n) is 10.6. The molecule has 158 valence electrons. The second-order valence-corrected chi connectivity index (χ2v) is 9.73. The van der Waals surface area contributed by atoms with E-state index in [1.165, 1.54) is 0 Å². The molecule has 0 saturated carbocycles. The van der Waals surface area contributed by atoms with Crippen LogP contribution in [0.5, 0.6) is 0 Å². The van der Waals surface area contributed by atoms with Crippen molar-refractivity contribution in [3.8, 4) is 0 Å². The molecule has 1 unspecified atom stereocenters. The van der Waals surface area contributed by atoms with Gasteiger partial charge in [-0.3, -0.25) is 9.59 Å². The van der Waals surface area contributed by atoms with E-state index in [0.29, 0.717) is 6.54 Å². The van der Waals surface area contributed by atoms with Crippen LogP contribution in [-0.2, 0) is 9.59 Å². The van der Waals surface area contributed by atoms with E-state index in [1.54, 1.807) is 0 Å². The lowest BCUT2D eigenvalue weighted by Crippen LogP contribution is -2.44. The second-order valence-electron chi connectivity index (χ2n) is 9.73. The molecule has 2 amide bonds. The minimum Gasteiger partial charge on any atom is -0.346 e. The Morgan fingerprint density at radius 2 is 1.83 bits per heavy atom. The van der Waals surface area contributed by atoms with Crippen LogP contribution in [0.2, 0.25) is 0 Å². The summed E-state index contributed by atoms with van der Waals surface area (Å²) in [6, 6.07) is 8.09. The fourth-order valence-corrected chi connectivity index (χ4v) is 4.16. The Bertz CT molecular complexity index is 907. The highest BCUT2D eigenvalue weighted by atomic mass is 16.2. The number of carbonyl (C=O) groups excluding carboxylic acids is 2. The van der Waals surface area contributed by atoms with Gasteiger partial charge in [0.25, 0.3) is 0 Å². The van der Waals surface area contributed by atoms with Crippen LogP contribution in [0.3, 0.4) is 0 Å². The van der Waals surface area contributed by atoms with Gasteiger partial charge in [0.2, 0.25) is 11.8 Å². The van der Waals surface area contributed by atoms with Crippen molar-refractivity contribution >= 4 is 22.8 Å². The Morgan fingerprint density at radius 3 is 2.38 bits per heavy atom. The van der Waals surface area contributed by atoms with Crippen molar-refractivity contribution in [2.24, 2.45) is 11.8 Å². The van der Waals surface area contributed by atoms with Crippen LogP contribution < -0.4 is 5.32 Å². The Hall–Kier alpha value is -2.37. The summed E-state index contributed by atoms with van der Waals surface area (Å²) in [6.07, 6.45) is 0.272. The number of imidazole rings is 1. The van der Waals surface area contributed by atoms with E-state index < -0.39 is 0 Å². The van der Waals surface area contributed by atoms with Crippen LogP contribution in [0.25, 0.3) is 11.0 Å². The van der Waals surface area contributed by atoms with Crippen LogP contribution in [0.15, 0.2) is 24.3 Å². The number of aromatic nitrogens is 2. The van der Waals surface area contributed by atoms with Crippen molar-refractivity contribution in [1.29, 1.82) is 0 Å². The molecule has 1 N–H and O–H groups in total. The number of rotatable bonds is 5. The Labute approximate surface area is 173 Å². The highest BCUT2D eigenvalue weighted by molar-refractivity contribution is 5.89. The van der Waals surface area contributed by atoms with Gasteiger partial charge in [0.1, 0.15) is 5.82 Å². The lowest BCUT2D eigenvalue weighted by atomic mass is 10.0. The summed E-state index contributed by atoms with van der Waals surface area (Å²) in [4.78, 5) is 32.2. The normalized spacial score (nSPS) is 18.9. The smallest absolute Gasteiger partial charge is 0.226 e. The molecule has 2 heterocycles. The first-order chi connectivity index (χ1) is 13.5. The molecule has 1 aromatic carbocycles. The summed E-state index contributed by atoms with van der Waals surface area (Å²) in [5, 5.41) is 3.22. The van der Waals surface area contributed by atoms with Crippen molar-refractivity contribution in [3.05, 3.63) is 30.1 Å². The SMILES string of the molecule is CC(C)[C@H](NC(=O)C1CC(=O)N(C(C)(C)C)C1)c1nc2ccccc2n1C(C)C. The molecule has 1 fully saturated rings. The molecular formula is C23H34N4O2. The Morgan fingerprint density at radius 1 is 1.17 bits per heavy atom. The van der Waals surface area contributed by atoms with Crippen molar-refractivity contribution in [2.45, 2.75) is 72.5 Å². The predicted molar refractivity (Wildman–Crippen MR) is 115 cm³/mol. The van der Waals surface area contributed by atoms with Crippen LogP contribution in [0.1, 0.15) is 72.8 Å². The van der Waals surface area contributed by atoms with Gasteiger partial charge in [-0.25, -0.2) is 4.98 Å². The number of hydrogen-bond donors (Lipinski definition) is 1. The van der Waals surface area contributed by atoms with Gasteiger partial charge in [0, 0.05) is 24.5 Å². The van der Waals surface area contributed by atoms with Crippen LogP contribution >= 0.6 is 0 Å². The number of fused-ring (bicyclic) bond motifs is 1. The number of amides is 2. The van der Waals surface area contributed by atoms with Gasteiger partial charge in [-0.05, 0) is 52.7 Å². The molecule has 1 aliphatic heterocycles. The van der Waals surface area contributed by atoms with E-state index in [0.717, 1.165) is 16.9 Å². The molecule has 1 aromatic heterocycles. The van der Waals surface area contributed by atoms with E-state index >= 15 is 0 Å². The molecule has 6 nitrogen and oxygen atoms in total. The van der Waals surface area contributed by atoms with Gasteiger partial charge >= 0.3 is 0 Å². The third-order valence-electron chi connectivity index (χ3n) is 5.69. The molecule has 29 heavy (non-hydrogen) atoms. The van der Waals surface area contributed by atoms with Crippen molar-refractivity contribution in [1.82, 2.24) is 19.8 Å². The molecule has 2 aromatic rings. The summed E-state index contributed by atoms with van der Waals surface area (Å²) in [6.45, 7) is 14.9. The zero-order valence-electron chi connectivity index (χ0n) is 18.7. The summed E-state index contributed by atoms with van der Waals surface area (Å²) in [7, 11) is 0. The van der Waals surface area contributed by atoms with E-state index in [-0.39, 0.29) is 47.7 Å². The van der Waals surface area contributed by atoms with Crippen molar-refractivity contribution in [3.63, 3.8) is 0 Å². The van der Waals surface area contributed by atoms with Gasteiger partial charge < -0.3 is 14.8 Å². The largest absolute Gasteiger partial charge is 0.346 e. The summed E-state index contributed by atoms with van der Waals surface area (Å²) in [5.41, 5.74) is 1.74. The lowest BCUT2D eigenvalue weighted by Gasteiger charge is -2.32. The number of para-hydroxylation sites is 2. The molecule has 6 heteroatoms. The summed E-state index contributed by atoms with van der Waals surface area (Å²) in [5.74, 6) is 0.713. The van der Waals surface area contributed by atoms with E-state index in [4.69, 9.17) is 4.98 Å². The standard InChI is InChI=1S/C23H34N4O2/c1-14(2)20(21-24-17-10-8-9-11-18(17)27(21)15(3)4)25-22(29)16-12-19(28)26(13-16)23(5,6)7/h8-11,14-16,20H,12-13H2,1-7H3,(H,25,29)/t16?,20-/m0/s1. The number of carbonyl (C=O) groups is 2. The minimum atomic E-state index is -0.320. The molecule has 2 atom stereocenters. The lowest BCUT2D eigenvalue weighted by molar-refractivity contribution is -0.132. The Kier molecular flexibility index (Phi) is 5.74. The summed E-state index contributed by atoms with van der Waals surface area (Å²) >= 11 is 0. The first-order valence-corrected chi connectivity index (χ1v) is 10.6. The number of benzene rings is 1. The summed E-state index contributed by atoms with van der Waals surface area (Å²) < 4.78 is 2.21. The third kappa shape index (κ3) is 4.16. The van der Waals surface area contributed by atoms with E-state index in [2.05, 4.69) is 43.6 Å². The average Bonchev–Trinajstić information content (AvgIpc) is 3.19. The molecule has 0 bridgehead atoms. The maximum atomic E-state index is 13.1. The molecular weight excluding hydrogens is 364 g/mol. The zero-order valence-corrected chi connectivity index (χ0v) is 18.7. The second kappa shape index (κ2) is 7.81. The molecule has 1 saturated heterocycles. The first kappa shape index (κ1) is 21.3. The van der Waals surface area contributed by atoms with Crippen molar-refractivity contribution < 1.29 is 9.59 Å². The molecule has 3 rings (SSSR count). The van der Waals surface area contributed by atoms with Gasteiger partial charge in [-0.15, -0.1) is 0 Å². The third-order valence-corrected chi connectivity index (χ3v) is 5.69. The molecule has 1 aliphatic rings. The minimum absolute atomic E-state index is 0.0492. The number of nitrogens with one attached hydrogen (secondary N) is 1. The maximum Gasteiger partial charge on any atom is 0.226 e. The molecule has 0 radical (unpaired) electrons. The number of likely N-dealkylation sites (tertiary alicyclic amines) is 1. The average molecular weight is 399 g/mol. The van der Waals surface area contributed by atoms with Gasteiger partial charge in [0.05, 0.1) is 23.0 Å². The van der Waals surface area contributed by atoms with E-state index in [9.17, 15) is 9.59 Å². The molecule has 0 spiro atoms. The highest BCUT2D eigenvalue weighted by Crippen LogP contribution is 2.31. The number of hydrogen-bond acceptors (Lipinski definition) is 3. The number of nitrogens with zero attached hydrogens (tertiary/aromatic N) is 3. The topological polar surface area (TPSA) is 67.2 Å². The van der Waals surface area contributed by atoms with Crippen molar-refractivity contribution in [2.75, 3.05) is 6.54 Å². The van der Waals surface area contributed by atoms with Crippen LogP contribution in [-0.4, -0.2) is 38.3 Å². The monoisotopic (exact) mass is 398 g/mol. The highest BCUT2D eigenvalue weighted by Gasteiger charge is 2.40. The van der Waals surface area contributed by atoms with Gasteiger partial charge in [0.15, 0.2) is 0 Å². The predicted octanol–water partition coefficient (Wildman–Crippen LogP) is 4.08. The van der Waals surface area contributed by atoms with Crippen LogP contribution in [0.4, 0.5) is 0 Å². The zero-order chi connectivity index (χ0) is 21.5. The fourth-order valence-electron chi connectivity index (χ4n) is 4.16. The molecule has 0 aliphatic carbocycles. The van der Waals surface area contributed by atoms with Gasteiger partial charge in [-0.2, -0.15) is 0 Å². The van der Waals surface area contributed by atoms with Crippen LogP contribution in [0, 0.1) is 11.8 Å².